The van der Waals surface area contributed by atoms with E-state index in [1.807, 2.05) is 18.2 Å². The Labute approximate surface area is 83.0 Å². The Bertz CT molecular complexity index is 360. The maximum absolute atomic E-state index is 8.95. The Hall–Kier alpha value is -1.35. The van der Waals surface area contributed by atoms with Gasteiger partial charge < -0.3 is 9.94 Å². The number of oxime groups is 1. The lowest BCUT2D eigenvalue weighted by atomic mass is 9.88. The smallest absolute Gasteiger partial charge is 0.116 e. The predicted octanol–water partition coefficient (Wildman–Crippen LogP) is 1.83. The standard InChI is InChI=1S/C11H13NO2/c1-14-10-7-6-8-4-2-3-5-9(8)11(10)12-13/h2-5,10,13H,6-7H2,1H3. The summed E-state index contributed by atoms with van der Waals surface area (Å²) in [5.74, 6) is 0. The lowest BCUT2D eigenvalue weighted by molar-refractivity contribution is 0.142. The molecule has 0 aromatic heterocycles. The Kier molecular flexibility index (Phi) is 2.50. The van der Waals surface area contributed by atoms with Gasteiger partial charge >= 0.3 is 0 Å². The van der Waals surface area contributed by atoms with Crippen molar-refractivity contribution in [1.29, 1.82) is 0 Å². The number of fused-ring (bicyclic) bond motifs is 1. The first-order valence-corrected chi connectivity index (χ1v) is 4.70. The summed E-state index contributed by atoms with van der Waals surface area (Å²) in [5, 5.41) is 12.3. The highest BCUT2D eigenvalue weighted by molar-refractivity contribution is 6.05. The van der Waals surface area contributed by atoms with E-state index < -0.39 is 0 Å². The van der Waals surface area contributed by atoms with Crippen LogP contribution in [-0.2, 0) is 11.2 Å². The zero-order valence-electron chi connectivity index (χ0n) is 8.10. The van der Waals surface area contributed by atoms with E-state index in [-0.39, 0.29) is 6.10 Å². The van der Waals surface area contributed by atoms with Gasteiger partial charge in [-0.15, -0.1) is 0 Å². The van der Waals surface area contributed by atoms with E-state index in [1.54, 1.807) is 7.11 Å². The van der Waals surface area contributed by atoms with Gasteiger partial charge in [0.1, 0.15) is 11.8 Å². The van der Waals surface area contributed by atoms with Gasteiger partial charge in [-0.05, 0) is 18.4 Å². The molecule has 0 heterocycles. The topological polar surface area (TPSA) is 41.8 Å². The fraction of sp³-hybridized carbons (Fsp3) is 0.364. The molecule has 1 aromatic carbocycles. The van der Waals surface area contributed by atoms with E-state index in [0.29, 0.717) is 5.71 Å². The van der Waals surface area contributed by atoms with Crippen LogP contribution in [0.3, 0.4) is 0 Å². The molecule has 0 radical (unpaired) electrons. The summed E-state index contributed by atoms with van der Waals surface area (Å²) in [6, 6.07) is 7.98. The van der Waals surface area contributed by atoms with E-state index in [0.717, 1.165) is 18.4 Å². The first kappa shape index (κ1) is 9.21. The molecule has 0 aliphatic heterocycles. The molecule has 0 saturated heterocycles. The van der Waals surface area contributed by atoms with E-state index >= 15 is 0 Å². The highest BCUT2D eigenvalue weighted by Crippen LogP contribution is 2.23. The molecule has 1 aliphatic carbocycles. The molecule has 14 heavy (non-hydrogen) atoms. The van der Waals surface area contributed by atoms with Crippen LogP contribution >= 0.6 is 0 Å². The minimum absolute atomic E-state index is 0.0742. The molecule has 0 fully saturated rings. The average molecular weight is 191 g/mol. The third kappa shape index (κ3) is 1.40. The second kappa shape index (κ2) is 3.80. The number of hydrogen-bond acceptors (Lipinski definition) is 3. The largest absolute Gasteiger partial charge is 0.411 e. The second-order valence-electron chi connectivity index (χ2n) is 3.41. The van der Waals surface area contributed by atoms with Gasteiger partial charge in [-0.3, -0.25) is 0 Å². The van der Waals surface area contributed by atoms with Crippen molar-refractivity contribution in [2.24, 2.45) is 5.16 Å². The number of benzene rings is 1. The molecular formula is C11H13NO2. The maximum atomic E-state index is 8.95. The van der Waals surface area contributed by atoms with Crippen LogP contribution in [0.25, 0.3) is 0 Å². The van der Waals surface area contributed by atoms with Crippen molar-refractivity contribution in [2.75, 3.05) is 7.11 Å². The summed E-state index contributed by atoms with van der Waals surface area (Å²) in [7, 11) is 1.64. The number of nitrogens with zero attached hydrogens (tertiary/aromatic N) is 1. The maximum Gasteiger partial charge on any atom is 0.116 e. The second-order valence-corrected chi connectivity index (χ2v) is 3.41. The van der Waals surface area contributed by atoms with Crippen molar-refractivity contribution in [3.8, 4) is 0 Å². The molecule has 0 spiro atoms. The Balaban J connectivity index is 2.45. The number of methoxy groups -OCH3 is 1. The van der Waals surface area contributed by atoms with Crippen LogP contribution < -0.4 is 0 Å². The highest BCUT2D eigenvalue weighted by Gasteiger charge is 2.25. The molecule has 0 amide bonds. The van der Waals surface area contributed by atoms with Crippen molar-refractivity contribution in [1.82, 2.24) is 0 Å². The summed E-state index contributed by atoms with van der Waals surface area (Å²) < 4.78 is 5.26. The number of aryl methyl sites for hydroxylation is 1. The summed E-state index contributed by atoms with van der Waals surface area (Å²) in [6.07, 6.45) is 1.79. The Morgan fingerprint density at radius 3 is 2.93 bits per heavy atom. The third-order valence-electron chi connectivity index (χ3n) is 2.67. The molecule has 3 heteroatoms. The lowest BCUT2D eigenvalue weighted by Crippen LogP contribution is -2.29. The number of ether oxygens (including phenoxy) is 1. The fourth-order valence-corrected chi connectivity index (χ4v) is 1.93. The Morgan fingerprint density at radius 2 is 2.21 bits per heavy atom. The van der Waals surface area contributed by atoms with E-state index in [9.17, 15) is 0 Å². The van der Waals surface area contributed by atoms with Gasteiger partial charge in [0, 0.05) is 12.7 Å². The van der Waals surface area contributed by atoms with Crippen LogP contribution in [0.15, 0.2) is 29.4 Å². The molecular weight excluding hydrogens is 178 g/mol. The third-order valence-corrected chi connectivity index (χ3v) is 2.67. The summed E-state index contributed by atoms with van der Waals surface area (Å²) in [5.41, 5.74) is 2.89. The SMILES string of the molecule is COC1CCc2ccccc2C1=NO. The number of rotatable bonds is 1. The molecule has 1 aliphatic rings. The zero-order chi connectivity index (χ0) is 9.97. The van der Waals surface area contributed by atoms with Crippen LogP contribution in [0.5, 0.6) is 0 Å². The molecule has 1 unspecified atom stereocenters. The molecule has 74 valence electrons. The molecule has 0 saturated carbocycles. The highest BCUT2D eigenvalue weighted by atomic mass is 16.5. The first-order valence-electron chi connectivity index (χ1n) is 4.70. The first-order chi connectivity index (χ1) is 6.86. The zero-order valence-corrected chi connectivity index (χ0v) is 8.10. The van der Waals surface area contributed by atoms with Gasteiger partial charge in [-0.25, -0.2) is 0 Å². The molecule has 2 rings (SSSR count). The molecule has 0 bridgehead atoms. The summed E-state index contributed by atoms with van der Waals surface area (Å²) >= 11 is 0. The molecule has 3 nitrogen and oxygen atoms in total. The van der Waals surface area contributed by atoms with Crippen molar-refractivity contribution in [3.63, 3.8) is 0 Å². The Morgan fingerprint density at radius 1 is 1.43 bits per heavy atom. The normalized spacial score (nSPS) is 23.5. The van der Waals surface area contributed by atoms with Gasteiger partial charge in [-0.1, -0.05) is 29.4 Å². The lowest BCUT2D eigenvalue weighted by Gasteiger charge is -2.24. The van der Waals surface area contributed by atoms with Gasteiger partial charge in [0.2, 0.25) is 0 Å². The van der Waals surface area contributed by atoms with Crippen LogP contribution in [0.1, 0.15) is 17.5 Å². The molecule has 1 N–H and O–H groups in total. The quantitative estimate of drug-likeness (QED) is 0.543. The summed E-state index contributed by atoms with van der Waals surface area (Å²) in [6.45, 7) is 0. The average Bonchev–Trinajstić information content (AvgIpc) is 2.27. The van der Waals surface area contributed by atoms with Crippen molar-refractivity contribution in [2.45, 2.75) is 18.9 Å². The van der Waals surface area contributed by atoms with Gasteiger partial charge in [0.25, 0.3) is 0 Å². The van der Waals surface area contributed by atoms with E-state index in [2.05, 4.69) is 11.2 Å². The summed E-state index contributed by atoms with van der Waals surface area (Å²) in [4.78, 5) is 0. The minimum Gasteiger partial charge on any atom is -0.411 e. The van der Waals surface area contributed by atoms with Gasteiger partial charge in [0.05, 0.1) is 0 Å². The van der Waals surface area contributed by atoms with E-state index in [4.69, 9.17) is 9.94 Å². The van der Waals surface area contributed by atoms with Gasteiger partial charge in [0.15, 0.2) is 0 Å². The van der Waals surface area contributed by atoms with Crippen LogP contribution in [0, 0.1) is 0 Å². The molecule has 1 aromatic rings. The van der Waals surface area contributed by atoms with Crippen LogP contribution in [-0.4, -0.2) is 24.1 Å². The van der Waals surface area contributed by atoms with Crippen molar-refractivity contribution >= 4 is 5.71 Å². The minimum atomic E-state index is -0.0742. The van der Waals surface area contributed by atoms with Crippen molar-refractivity contribution in [3.05, 3.63) is 35.4 Å². The number of hydrogen-bond donors (Lipinski definition) is 1. The monoisotopic (exact) mass is 191 g/mol. The van der Waals surface area contributed by atoms with E-state index in [1.165, 1.54) is 5.56 Å². The fourth-order valence-electron chi connectivity index (χ4n) is 1.93. The molecule has 1 atom stereocenters. The van der Waals surface area contributed by atoms with Gasteiger partial charge in [-0.2, -0.15) is 0 Å². The predicted molar refractivity (Wildman–Crippen MR) is 53.9 cm³/mol. The van der Waals surface area contributed by atoms with Crippen LogP contribution in [0.2, 0.25) is 0 Å². The van der Waals surface area contributed by atoms with Crippen LogP contribution in [0.4, 0.5) is 0 Å². The van der Waals surface area contributed by atoms with Crippen molar-refractivity contribution < 1.29 is 9.94 Å².